The van der Waals surface area contributed by atoms with Crippen LogP contribution in [0.1, 0.15) is 54.0 Å². The summed E-state index contributed by atoms with van der Waals surface area (Å²) in [5.74, 6) is 0.426. The van der Waals surface area contributed by atoms with E-state index >= 15 is 0 Å². The van der Waals surface area contributed by atoms with Gasteiger partial charge in [0.2, 0.25) is 0 Å². The molecule has 0 amide bonds. The summed E-state index contributed by atoms with van der Waals surface area (Å²) < 4.78 is 0. The van der Waals surface area contributed by atoms with Crippen LogP contribution in [0.5, 0.6) is 0 Å². The molecule has 0 spiro atoms. The Labute approximate surface area is 132 Å². The van der Waals surface area contributed by atoms with E-state index in [1.165, 1.54) is 0 Å². The Kier molecular flexibility index (Phi) is 3.78. The van der Waals surface area contributed by atoms with E-state index < -0.39 is 16.6 Å². The van der Waals surface area contributed by atoms with Gasteiger partial charge in [0.05, 0.1) is 11.1 Å². The van der Waals surface area contributed by atoms with Crippen molar-refractivity contribution in [2.45, 2.75) is 65.1 Å². The molecule has 0 aromatic heterocycles. The zero-order chi connectivity index (χ0) is 16.9. The average molecular weight is 303 g/mol. The minimum absolute atomic E-state index is 0.426. The van der Waals surface area contributed by atoms with Crippen LogP contribution in [0, 0.1) is 5.21 Å². The van der Waals surface area contributed by atoms with Crippen molar-refractivity contribution in [1.29, 1.82) is 0 Å². The Morgan fingerprint density at radius 2 is 1.59 bits per heavy atom. The predicted octanol–water partition coefficient (Wildman–Crippen LogP) is 3.75. The lowest BCUT2D eigenvalue weighted by Gasteiger charge is -2.43. The van der Waals surface area contributed by atoms with Crippen LogP contribution in [0.25, 0.3) is 0 Å². The molecular formula is C17H25N3O2-. The molecular weight excluding hydrogens is 278 g/mol. The van der Waals surface area contributed by atoms with E-state index in [1.54, 1.807) is 24.3 Å². The van der Waals surface area contributed by atoms with Gasteiger partial charge in [0.25, 0.3) is 0 Å². The number of amidine groups is 1. The third kappa shape index (κ3) is 2.59. The molecule has 0 atom stereocenters. The molecule has 0 aliphatic carbocycles. The van der Waals surface area contributed by atoms with E-state index in [1.807, 2.05) is 48.5 Å². The number of hydroxylamine groups is 3. The second-order valence-corrected chi connectivity index (χ2v) is 7.86. The van der Waals surface area contributed by atoms with Gasteiger partial charge in [0, 0.05) is 16.8 Å². The molecule has 0 bridgehead atoms. The van der Waals surface area contributed by atoms with Crippen molar-refractivity contribution in [3.05, 3.63) is 35.0 Å². The number of hydrogen-bond acceptors (Lipinski definition) is 4. The van der Waals surface area contributed by atoms with Gasteiger partial charge in [-0.25, -0.2) is 0 Å². The van der Waals surface area contributed by atoms with E-state index in [9.17, 15) is 10.4 Å². The van der Waals surface area contributed by atoms with E-state index in [4.69, 9.17) is 0 Å². The van der Waals surface area contributed by atoms with E-state index in [0.717, 1.165) is 15.7 Å². The lowest BCUT2D eigenvalue weighted by atomic mass is 9.84. The Hall–Kier alpha value is -1.59. The largest absolute Gasteiger partial charge is 0.758 e. The van der Waals surface area contributed by atoms with E-state index in [0.29, 0.717) is 11.5 Å². The molecule has 0 fully saturated rings. The van der Waals surface area contributed by atoms with Crippen LogP contribution in [0.4, 0.5) is 5.69 Å². The van der Waals surface area contributed by atoms with Gasteiger partial charge in [0.15, 0.2) is 5.84 Å². The average Bonchev–Trinajstić information content (AvgIpc) is 2.57. The highest BCUT2D eigenvalue weighted by Crippen LogP contribution is 2.38. The van der Waals surface area contributed by atoms with Crippen molar-refractivity contribution >= 4 is 11.5 Å². The molecule has 1 aliphatic heterocycles. The number of aliphatic imine (C=N–C) groups is 1. The molecule has 1 aliphatic rings. The quantitative estimate of drug-likeness (QED) is 0.782. The Bertz CT molecular complexity index is 583. The van der Waals surface area contributed by atoms with Crippen LogP contribution in [0.2, 0.25) is 0 Å². The summed E-state index contributed by atoms with van der Waals surface area (Å²) in [6, 6.07) is 7.05. The van der Waals surface area contributed by atoms with Crippen molar-refractivity contribution in [1.82, 2.24) is 5.06 Å². The number of benzene rings is 1. The smallest absolute Gasteiger partial charge is 0.159 e. The summed E-state index contributed by atoms with van der Waals surface area (Å²) >= 11 is 0. The fourth-order valence-electron chi connectivity index (χ4n) is 2.28. The minimum Gasteiger partial charge on any atom is -0.758 e. The molecule has 1 radical (unpaired) electrons. The summed E-state index contributed by atoms with van der Waals surface area (Å²) in [5.41, 5.74) is -0.248. The van der Waals surface area contributed by atoms with E-state index in [-0.39, 0.29) is 0 Å². The van der Waals surface area contributed by atoms with Crippen molar-refractivity contribution in [3.63, 3.8) is 0 Å². The molecule has 0 saturated carbocycles. The first-order valence-electron chi connectivity index (χ1n) is 7.53. The molecule has 5 heteroatoms. The maximum absolute atomic E-state index is 12.5. The fourth-order valence-corrected chi connectivity index (χ4v) is 2.28. The standard InChI is InChI=1S/C17H25N3O2/c1-15(2,3)19(21)13-10-8-12(9-11-13)14-18-16(4,5)17(6,7)20(14)22/h8-11H,1-7H3/q-1. The molecule has 0 N–H and O–H groups in total. The molecule has 121 valence electrons. The maximum Gasteiger partial charge on any atom is 0.159 e. The molecule has 0 saturated heterocycles. The van der Waals surface area contributed by atoms with Gasteiger partial charge < -0.3 is 10.3 Å². The molecule has 2 rings (SSSR count). The van der Waals surface area contributed by atoms with Crippen LogP contribution in [-0.4, -0.2) is 27.5 Å². The lowest BCUT2D eigenvalue weighted by molar-refractivity contribution is -0.158. The highest BCUT2D eigenvalue weighted by Gasteiger charge is 2.50. The number of rotatable bonds is 2. The van der Waals surface area contributed by atoms with Gasteiger partial charge in [0.1, 0.15) is 0 Å². The monoisotopic (exact) mass is 303 g/mol. The van der Waals surface area contributed by atoms with Gasteiger partial charge in [-0.3, -0.25) is 4.99 Å². The highest BCUT2D eigenvalue weighted by atomic mass is 16.5. The second-order valence-electron chi connectivity index (χ2n) is 7.86. The first-order chi connectivity index (χ1) is 9.88. The van der Waals surface area contributed by atoms with Gasteiger partial charge >= 0.3 is 0 Å². The Morgan fingerprint density at radius 3 is 1.95 bits per heavy atom. The molecule has 22 heavy (non-hydrogen) atoms. The zero-order valence-corrected chi connectivity index (χ0v) is 14.5. The van der Waals surface area contributed by atoms with Crippen molar-refractivity contribution < 1.29 is 5.21 Å². The van der Waals surface area contributed by atoms with Crippen molar-refractivity contribution in [2.75, 3.05) is 5.06 Å². The molecule has 5 nitrogen and oxygen atoms in total. The maximum atomic E-state index is 12.5. The summed E-state index contributed by atoms with van der Waals surface area (Å²) in [6.45, 7) is 13.3. The van der Waals surface area contributed by atoms with Gasteiger partial charge in [-0.15, -0.1) is 0 Å². The van der Waals surface area contributed by atoms with Crippen LogP contribution >= 0.6 is 0 Å². The van der Waals surface area contributed by atoms with E-state index in [2.05, 4.69) is 4.99 Å². The summed E-state index contributed by atoms with van der Waals surface area (Å²) in [6.07, 6.45) is 0. The first-order valence-corrected chi connectivity index (χ1v) is 7.53. The predicted molar refractivity (Wildman–Crippen MR) is 89.3 cm³/mol. The second kappa shape index (κ2) is 4.96. The van der Waals surface area contributed by atoms with Crippen molar-refractivity contribution in [3.8, 4) is 0 Å². The molecule has 1 aromatic rings. The highest BCUT2D eigenvalue weighted by molar-refractivity contribution is 6.00. The fraction of sp³-hybridized carbons (Fsp3) is 0.588. The topological polar surface area (TPSA) is 61.8 Å². The Morgan fingerprint density at radius 1 is 1.09 bits per heavy atom. The van der Waals surface area contributed by atoms with Crippen LogP contribution in [0.15, 0.2) is 29.3 Å². The molecule has 1 heterocycles. The lowest BCUT2D eigenvalue weighted by Crippen LogP contribution is -2.50. The Balaban J connectivity index is 2.33. The van der Waals surface area contributed by atoms with Crippen LogP contribution < -0.4 is 5.06 Å². The van der Waals surface area contributed by atoms with Gasteiger partial charge in [-0.2, -0.15) is 5.06 Å². The molecule has 0 unspecified atom stereocenters. The number of anilines is 1. The third-order valence-electron chi connectivity index (χ3n) is 4.55. The van der Waals surface area contributed by atoms with Crippen LogP contribution in [0.3, 0.4) is 0 Å². The number of hydrogen-bond donors (Lipinski definition) is 0. The zero-order valence-electron chi connectivity index (χ0n) is 14.5. The minimum atomic E-state index is -0.600. The van der Waals surface area contributed by atoms with Gasteiger partial charge in [-0.05, 0) is 72.7 Å². The summed E-state index contributed by atoms with van der Waals surface area (Å²) in [5, 5.41) is 26.7. The van der Waals surface area contributed by atoms with Crippen LogP contribution in [-0.2, 0) is 5.21 Å². The third-order valence-corrected chi connectivity index (χ3v) is 4.55. The van der Waals surface area contributed by atoms with Crippen molar-refractivity contribution in [2.24, 2.45) is 4.99 Å². The summed E-state index contributed by atoms with van der Waals surface area (Å²) in [4.78, 5) is 4.59. The first kappa shape index (κ1) is 16.8. The normalized spacial score (nSPS) is 20.0. The SMILES string of the molecule is CC(C)(C)N([O-])c1ccc(C2=NC(C)(C)C(C)(C)N2[O])cc1. The summed E-state index contributed by atoms with van der Waals surface area (Å²) in [7, 11) is 0. The van der Waals surface area contributed by atoms with Gasteiger partial charge in [-0.1, -0.05) is 5.21 Å². The number of nitrogens with zero attached hydrogens (tertiary/aromatic N) is 3. The molecule has 1 aromatic carbocycles.